The highest BCUT2D eigenvalue weighted by molar-refractivity contribution is 7.21. The van der Waals surface area contributed by atoms with Gasteiger partial charge in [0.2, 0.25) is 0 Å². The molecular formula is C72H47N3O2Si. The van der Waals surface area contributed by atoms with E-state index in [0.29, 0.717) is 0 Å². The van der Waals surface area contributed by atoms with Crippen molar-refractivity contribution in [1.29, 1.82) is 0 Å². The van der Waals surface area contributed by atoms with Crippen LogP contribution in [0.3, 0.4) is 0 Å². The summed E-state index contributed by atoms with van der Waals surface area (Å²) in [5, 5.41) is 11.9. The van der Waals surface area contributed by atoms with Gasteiger partial charge in [0.05, 0.1) is 11.0 Å². The van der Waals surface area contributed by atoms with Gasteiger partial charge in [-0.15, -0.1) is 0 Å². The second-order valence-corrected chi connectivity index (χ2v) is 24.1. The van der Waals surface area contributed by atoms with E-state index in [1.807, 2.05) is 0 Å². The van der Waals surface area contributed by atoms with Gasteiger partial charge >= 0.3 is 0 Å². The molecule has 15 aromatic rings. The van der Waals surface area contributed by atoms with Gasteiger partial charge in [-0.2, -0.15) is 0 Å². The second kappa shape index (κ2) is 17.5. The number of furan rings is 2. The summed E-state index contributed by atoms with van der Waals surface area (Å²) in [6.07, 6.45) is 0. The summed E-state index contributed by atoms with van der Waals surface area (Å²) in [7, 11) is -3.31. The summed E-state index contributed by atoms with van der Waals surface area (Å²) < 4.78 is 16.0. The van der Waals surface area contributed by atoms with Gasteiger partial charge in [0, 0.05) is 72.1 Å². The maximum atomic E-state index is 6.79. The molecule has 0 radical (unpaired) electrons. The van der Waals surface area contributed by atoms with Gasteiger partial charge in [-0.05, 0) is 135 Å². The van der Waals surface area contributed by atoms with E-state index in [1.165, 1.54) is 48.1 Å². The molecule has 0 atom stereocenters. The molecular weight excluding hydrogens is 967 g/mol. The Morgan fingerprint density at radius 1 is 0.295 bits per heavy atom. The Balaban J connectivity index is 0.956. The van der Waals surface area contributed by atoms with E-state index in [2.05, 4.69) is 299 Å². The van der Waals surface area contributed by atoms with Crippen LogP contribution >= 0.6 is 0 Å². The molecule has 0 bridgehead atoms. The molecule has 6 heteroatoms. The van der Waals surface area contributed by atoms with Crippen LogP contribution in [0.15, 0.2) is 294 Å². The Labute approximate surface area is 451 Å². The molecule has 12 aromatic carbocycles. The molecule has 0 fully saturated rings. The van der Waals surface area contributed by atoms with Crippen LogP contribution in [0, 0.1) is 0 Å². The van der Waals surface area contributed by atoms with Crippen LogP contribution in [-0.4, -0.2) is 12.6 Å². The lowest BCUT2D eigenvalue weighted by atomic mass is 10.0. The Hall–Kier alpha value is -10.1. The topological polar surface area (TPSA) is 37.7 Å². The zero-order valence-electron chi connectivity index (χ0n) is 42.3. The van der Waals surface area contributed by atoms with Crippen molar-refractivity contribution in [1.82, 2.24) is 4.57 Å². The maximum Gasteiger partial charge on any atom is 0.184 e. The smallest absolute Gasteiger partial charge is 0.184 e. The van der Waals surface area contributed by atoms with E-state index < -0.39 is 8.07 Å². The third-order valence-corrected chi connectivity index (χ3v) is 21.1. The van der Waals surface area contributed by atoms with E-state index in [0.717, 1.165) is 89.3 Å². The molecule has 0 amide bonds. The molecule has 78 heavy (non-hydrogen) atoms. The molecule has 3 aromatic heterocycles. The fraction of sp³-hybridized carbons (Fsp3) is 0. The average molecular weight is 1010 g/mol. The molecule has 0 spiro atoms. The Bertz CT molecular complexity index is 4640. The lowest BCUT2D eigenvalue weighted by Crippen LogP contribution is -2.77. The standard InChI is InChI=1S/C72H47N3O2Si/c1-3-17-48(18-4-1)49-31-33-51(34-32-49)73(52-35-37-53(38-36-52)74-63-25-11-7-21-57(63)58-22-8-12-26-64(58)74)54-39-44-72-66(45-54)75(50-19-5-2-6-20-50)65-27-13-16-30-71(65)78(72,55-40-42-61-59-23-9-14-28-67(59)76-69(61)46-55)56-41-43-62-60-24-10-15-29-68(60)77-70(62)47-56/h1-47H. The highest BCUT2D eigenvalue weighted by Crippen LogP contribution is 2.44. The minimum atomic E-state index is -3.31. The van der Waals surface area contributed by atoms with Crippen LogP contribution in [0.1, 0.15) is 0 Å². The van der Waals surface area contributed by atoms with Gasteiger partial charge in [0.15, 0.2) is 8.07 Å². The largest absolute Gasteiger partial charge is 0.456 e. The molecule has 0 saturated carbocycles. The summed E-state index contributed by atoms with van der Waals surface area (Å²) in [6.45, 7) is 0. The lowest BCUT2D eigenvalue weighted by Gasteiger charge is -2.45. The van der Waals surface area contributed by atoms with Gasteiger partial charge < -0.3 is 23.2 Å². The summed E-state index contributed by atoms with van der Waals surface area (Å²) in [5.41, 5.74) is 15.8. The minimum Gasteiger partial charge on any atom is -0.456 e. The summed E-state index contributed by atoms with van der Waals surface area (Å²) in [5.74, 6) is 0. The van der Waals surface area contributed by atoms with Crippen molar-refractivity contribution in [2.45, 2.75) is 0 Å². The number of para-hydroxylation sites is 6. The SMILES string of the molecule is c1ccc(-c2ccc(N(c3ccc(-n4c5ccccc5c5ccccc54)cc3)c3ccc4c(c3)N(c3ccccc3)c3ccccc3[Si]4(c3ccc4c(c3)oc3ccccc34)c3ccc4c(c3)oc3ccccc34)cc2)cc1. The van der Waals surface area contributed by atoms with Gasteiger partial charge in [0.25, 0.3) is 0 Å². The van der Waals surface area contributed by atoms with E-state index in [1.54, 1.807) is 0 Å². The van der Waals surface area contributed by atoms with E-state index >= 15 is 0 Å². The summed E-state index contributed by atoms with van der Waals surface area (Å²) >= 11 is 0. The third kappa shape index (κ3) is 6.67. The fourth-order valence-electron chi connectivity index (χ4n) is 12.8. The van der Waals surface area contributed by atoms with Gasteiger partial charge in [-0.1, -0.05) is 182 Å². The van der Waals surface area contributed by atoms with Crippen molar-refractivity contribution in [2.75, 3.05) is 9.80 Å². The van der Waals surface area contributed by atoms with Crippen LogP contribution in [0.2, 0.25) is 0 Å². The van der Waals surface area contributed by atoms with Crippen molar-refractivity contribution >= 4 is 129 Å². The second-order valence-electron chi connectivity index (χ2n) is 20.4. The van der Waals surface area contributed by atoms with Gasteiger partial charge in [-0.3, -0.25) is 0 Å². The minimum absolute atomic E-state index is 0.876. The molecule has 16 rings (SSSR count). The van der Waals surface area contributed by atoms with Gasteiger partial charge in [-0.25, -0.2) is 0 Å². The third-order valence-electron chi connectivity index (χ3n) is 16.3. The number of fused-ring (bicyclic) bond motifs is 11. The molecule has 4 heterocycles. The first-order chi connectivity index (χ1) is 38.7. The van der Waals surface area contributed by atoms with Crippen LogP contribution in [0.5, 0.6) is 0 Å². The maximum absolute atomic E-state index is 6.79. The number of anilines is 6. The quantitative estimate of drug-likeness (QED) is 0.142. The number of rotatable bonds is 8. The number of hydrogen-bond donors (Lipinski definition) is 0. The van der Waals surface area contributed by atoms with E-state index in [-0.39, 0.29) is 0 Å². The zero-order chi connectivity index (χ0) is 51.3. The zero-order valence-corrected chi connectivity index (χ0v) is 43.3. The highest BCUT2D eigenvalue weighted by Gasteiger charge is 2.49. The van der Waals surface area contributed by atoms with Crippen molar-refractivity contribution < 1.29 is 8.83 Å². The highest BCUT2D eigenvalue weighted by atomic mass is 28.3. The summed E-state index contributed by atoms with van der Waals surface area (Å²) in [6, 6.07) is 104. The lowest BCUT2D eigenvalue weighted by molar-refractivity contribution is 0.669. The fourth-order valence-corrected chi connectivity index (χ4v) is 17.9. The average Bonchev–Trinajstić information content (AvgIpc) is 4.24. The first-order valence-corrected chi connectivity index (χ1v) is 28.6. The van der Waals surface area contributed by atoms with Crippen molar-refractivity contribution in [3.05, 3.63) is 285 Å². The van der Waals surface area contributed by atoms with Crippen LogP contribution in [0.4, 0.5) is 34.1 Å². The molecule has 0 N–H and O–H groups in total. The molecule has 1 aliphatic heterocycles. The monoisotopic (exact) mass is 1010 g/mol. The predicted molar refractivity (Wildman–Crippen MR) is 327 cm³/mol. The molecule has 366 valence electrons. The number of benzene rings is 12. The van der Waals surface area contributed by atoms with Crippen molar-refractivity contribution in [3.8, 4) is 16.8 Å². The normalized spacial score (nSPS) is 12.9. The molecule has 5 nitrogen and oxygen atoms in total. The first kappa shape index (κ1) is 44.2. The van der Waals surface area contributed by atoms with Crippen LogP contribution in [-0.2, 0) is 0 Å². The Morgan fingerprint density at radius 3 is 1.37 bits per heavy atom. The molecule has 0 saturated heterocycles. The Kier molecular flexibility index (Phi) is 9.89. The number of nitrogens with zero attached hydrogens (tertiary/aromatic N) is 3. The van der Waals surface area contributed by atoms with Crippen molar-refractivity contribution in [2.24, 2.45) is 0 Å². The number of hydrogen-bond acceptors (Lipinski definition) is 4. The first-order valence-electron chi connectivity index (χ1n) is 26.6. The van der Waals surface area contributed by atoms with Crippen LogP contribution < -0.4 is 30.5 Å². The molecule has 0 aliphatic carbocycles. The van der Waals surface area contributed by atoms with Gasteiger partial charge in [0.1, 0.15) is 22.3 Å². The Morgan fingerprint density at radius 2 is 0.756 bits per heavy atom. The number of aromatic nitrogens is 1. The molecule has 0 unspecified atom stereocenters. The van der Waals surface area contributed by atoms with E-state index in [4.69, 9.17) is 8.83 Å². The van der Waals surface area contributed by atoms with Crippen molar-refractivity contribution in [3.63, 3.8) is 0 Å². The van der Waals surface area contributed by atoms with E-state index in [9.17, 15) is 0 Å². The van der Waals surface area contributed by atoms with Crippen LogP contribution in [0.25, 0.3) is 82.5 Å². The predicted octanol–water partition coefficient (Wildman–Crippen LogP) is 16.9. The summed E-state index contributed by atoms with van der Waals surface area (Å²) in [4.78, 5) is 4.90. The molecule has 1 aliphatic rings.